The Kier molecular flexibility index (Phi) is 4.19. The summed E-state index contributed by atoms with van der Waals surface area (Å²) in [5, 5.41) is 3.67. The van der Waals surface area contributed by atoms with Crippen LogP contribution < -0.4 is 0 Å². The number of hydrogen-bond donors (Lipinski definition) is 0. The van der Waals surface area contributed by atoms with Crippen molar-refractivity contribution in [2.45, 2.75) is 33.2 Å². The molecule has 0 spiro atoms. The van der Waals surface area contributed by atoms with Crippen LogP contribution in [0.15, 0.2) is 29.4 Å². The van der Waals surface area contributed by atoms with E-state index in [9.17, 15) is 0 Å². The predicted octanol–water partition coefficient (Wildman–Crippen LogP) is 4.26. The Balaban J connectivity index is 2.75. The average Bonchev–Trinajstić information content (AvgIpc) is 2.18. The summed E-state index contributed by atoms with van der Waals surface area (Å²) < 4.78 is 0. The van der Waals surface area contributed by atoms with E-state index in [0.717, 1.165) is 12.0 Å². The molecule has 0 aliphatic heterocycles. The van der Waals surface area contributed by atoms with Crippen LogP contribution >= 0.6 is 0 Å². The Labute approximate surface area is 90.8 Å². The van der Waals surface area contributed by atoms with E-state index in [1.165, 1.54) is 5.56 Å². The van der Waals surface area contributed by atoms with E-state index >= 15 is 0 Å². The summed E-state index contributed by atoms with van der Waals surface area (Å²) in [5.41, 5.74) is 10.7. The zero-order chi connectivity index (χ0) is 11.3. The SMILES string of the molecule is CC(C)Cc1ccc([C@H](C)N=[N+]=[N-])cc1. The maximum atomic E-state index is 8.33. The van der Waals surface area contributed by atoms with Gasteiger partial charge in [0.2, 0.25) is 0 Å². The summed E-state index contributed by atoms with van der Waals surface area (Å²) in [7, 11) is 0. The normalized spacial score (nSPS) is 12.3. The number of hydrogen-bond acceptors (Lipinski definition) is 1. The monoisotopic (exact) mass is 203 g/mol. The smallest absolute Gasteiger partial charge is 0.0597 e. The first-order valence-electron chi connectivity index (χ1n) is 5.26. The molecule has 0 radical (unpaired) electrons. The summed E-state index contributed by atoms with van der Waals surface area (Å²) in [6.07, 6.45) is 1.09. The highest BCUT2D eigenvalue weighted by Gasteiger charge is 2.03. The number of nitrogens with zero attached hydrogens (tertiary/aromatic N) is 3. The lowest BCUT2D eigenvalue weighted by Gasteiger charge is -2.08. The van der Waals surface area contributed by atoms with E-state index in [1.807, 2.05) is 19.1 Å². The molecular weight excluding hydrogens is 186 g/mol. The lowest BCUT2D eigenvalue weighted by molar-refractivity contribution is 0.647. The van der Waals surface area contributed by atoms with E-state index < -0.39 is 0 Å². The maximum absolute atomic E-state index is 8.33. The van der Waals surface area contributed by atoms with Crippen molar-refractivity contribution in [1.82, 2.24) is 0 Å². The first kappa shape index (κ1) is 11.6. The first-order chi connectivity index (χ1) is 7.13. The third kappa shape index (κ3) is 3.64. The van der Waals surface area contributed by atoms with Gasteiger partial charge in [-0.05, 0) is 29.0 Å². The third-order valence-corrected chi connectivity index (χ3v) is 2.33. The molecule has 3 heteroatoms. The highest BCUT2D eigenvalue weighted by atomic mass is 15.1. The zero-order valence-corrected chi connectivity index (χ0v) is 9.51. The van der Waals surface area contributed by atoms with Crippen LogP contribution in [0, 0.1) is 5.92 Å². The summed E-state index contributed by atoms with van der Waals surface area (Å²) >= 11 is 0. The zero-order valence-electron chi connectivity index (χ0n) is 9.51. The quantitative estimate of drug-likeness (QED) is 0.399. The minimum absolute atomic E-state index is 0.0805. The van der Waals surface area contributed by atoms with Crippen LogP contribution in [-0.2, 0) is 6.42 Å². The van der Waals surface area contributed by atoms with Crippen molar-refractivity contribution in [3.63, 3.8) is 0 Å². The first-order valence-corrected chi connectivity index (χ1v) is 5.26. The lowest BCUT2D eigenvalue weighted by Crippen LogP contribution is -1.95. The van der Waals surface area contributed by atoms with Crippen molar-refractivity contribution in [1.29, 1.82) is 0 Å². The molecule has 0 bridgehead atoms. The Bertz CT molecular complexity index is 348. The van der Waals surface area contributed by atoms with Crippen molar-refractivity contribution in [2.75, 3.05) is 0 Å². The second-order valence-electron chi connectivity index (χ2n) is 4.22. The maximum Gasteiger partial charge on any atom is 0.0597 e. The second kappa shape index (κ2) is 5.42. The van der Waals surface area contributed by atoms with Gasteiger partial charge in [-0.1, -0.05) is 50.2 Å². The topological polar surface area (TPSA) is 48.8 Å². The van der Waals surface area contributed by atoms with Crippen molar-refractivity contribution < 1.29 is 0 Å². The Morgan fingerprint density at radius 3 is 2.27 bits per heavy atom. The van der Waals surface area contributed by atoms with E-state index in [4.69, 9.17) is 5.53 Å². The van der Waals surface area contributed by atoms with Crippen molar-refractivity contribution >= 4 is 0 Å². The average molecular weight is 203 g/mol. The summed E-state index contributed by atoms with van der Waals surface area (Å²) in [5.74, 6) is 0.672. The molecule has 0 aliphatic rings. The molecule has 3 nitrogen and oxygen atoms in total. The molecule has 0 N–H and O–H groups in total. The molecule has 1 rings (SSSR count). The molecular formula is C12H17N3. The molecule has 80 valence electrons. The van der Waals surface area contributed by atoms with Gasteiger partial charge >= 0.3 is 0 Å². The predicted molar refractivity (Wildman–Crippen MR) is 62.5 cm³/mol. The van der Waals surface area contributed by atoms with Gasteiger partial charge in [-0.2, -0.15) is 0 Å². The Morgan fingerprint density at radius 2 is 1.80 bits per heavy atom. The second-order valence-corrected chi connectivity index (χ2v) is 4.22. The van der Waals surface area contributed by atoms with Crippen LogP contribution in [0.2, 0.25) is 0 Å². The summed E-state index contributed by atoms with van der Waals surface area (Å²) in [4.78, 5) is 2.81. The van der Waals surface area contributed by atoms with Crippen LogP contribution in [0.1, 0.15) is 37.9 Å². The molecule has 0 saturated carbocycles. The van der Waals surface area contributed by atoms with Crippen LogP contribution in [0.3, 0.4) is 0 Å². The van der Waals surface area contributed by atoms with E-state index in [-0.39, 0.29) is 6.04 Å². The fraction of sp³-hybridized carbons (Fsp3) is 0.500. The van der Waals surface area contributed by atoms with E-state index in [0.29, 0.717) is 5.92 Å². The fourth-order valence-corrected chi connectivity index (χ4v) is 1.55. The molecule has 0 aromatic heterocycles. The molecule has 1 aromatic carbocycles. The molecule has 1 aromatic rings. The third-order valence-electron chi connectivity index (χ3n) is 2.33. The molecule has 0 amide bonds. The molecule has 0 fully saturated rings. The fourth-order valence-electron chi connectivity index (χ4n) is 1.55. The Hall–Kier alpha value is -1.47. The highest BCUT2D eigenvalue weighted by Crippen LogP contribution is 2.18. The van der Waals surface area contributed by atoms with E-state index in [2.05, 4.69) is 36.0 Å². The van der Waals surface area contributed by atoms with Crippen molar-refractivity contribution in [3.8, 4) is 0 Å². The van der Waals surface area contributed by atoms with Gasteiger partial charge in [-0.15, -0.1) is 0 Å². The molecule has 0 aliphatic carbocycles. The van der Waals surface area contributed by atoms with Gasteiger partial charge in [-0.3, -0.25) is 0 Å². The van der Waals surface area contributed by atoms with Crippen LogP contribution in [0.4, 0.5) is 0 Å². The van der Waals surface area contributed by atoms with Crippen molar-refractivity contribution in [3.05, 3.63) is 45.8 Å². The Morgan fingerprint density at radius 1 is 1.20 bits per heavy atom. The van der Waals surface area contributed by atoms with Crippen LogP contribution in [-0.4, -0.2) is 0 Å². The van der Waals surface area contributed by atoms with Crippen LogP contribution in [0.25, 0.3) is 10.4 Å². The minimum atomic E-state index is -0.0805. The largest absolute Gasteiger partial charge is 0.0862 e. The van der Waals surface area contributed by atoms with Gasteiger partial charge in [0.05, 0.1) is 6.04 Å². The molecule has 0 unspecified atom stereocenters. The van der Waals surface area contributed by atoms with Gasteiger partial charge in [0, 0.05) is 4.91 Å². The minimum Gasteiger partial charge on any atom is -0.0862 e. The standard InChI is InChI=1S/C12H17N3/c1-9(2)8-11-4-6-12(7-5-11)10(3)14-15-13/h4-7,9-10H,8H2,1-3H3/t10-/m0/s1. The van der Waals surface area contributed by atoms with E-state index in [1.54, 1.807) is 0 Å². The number of rotatable bonds is 4. The number of azide groups is 1. The summed E-state index contributed by atoms with van der Waals surface area (Å²) in [6, 6.07) is 8.22. The van der Waals surface area contributed by atoms with Gasteiger partial charge in [-0.25, -0.2) is 0 Å². The lowest BCUT2D eigenvalue weighted by atomic mass is 10.0. The molecule has 1 atom stereocenters. The van der Waals surface area contributed by atoms with Crippen molar-refractivity contribution in [2.24, 2.45) is 11.0 Å². The highest BCUT2D eigenvalue weighted by molar-refractivity contribution is 5.25. The van der Waals surface area contributed by atoms with Gasteiger partial charge in [0.25, 0.3) is 0 Å². The number of benzene rings is 1. The van der Waals surface area contributed by atoms with Gasteiger partial charge < -0.3 is 0 Å². The van der Waals surface area contributed by atoms with Crippen LogP contribution in [0.5, 0.6) is 0 Å². The molecule has 0 heterocycles. The summed E-state index contributed by atoms with van der Waals surface area (Å²) in [6.45, 7) is 6.31. The molecule has 0 saturated heterocycles. The molecule has 15 heavy (non-hydrogen) atoms. The van der Waals surface area contributed by atoms with Gasteiger partial charge in [0.15, 0.2) is 0 Å². The van der Waals surface area contributed by atoms with Gasteiger partial charge in [0.1, 0.15) is 0 Å².